The molecule has 1 aromatic carbocycles. The van der Waals surface area contributed by atoms with Gasteiger partial charge in [-0.25, -0.2) is 0 Å². The SMILES string of the molecule is CN(C)CCCNC(=O)C(c1ccccc1)C1CCCC1. The van der Waals surface area contributed by atoms with Crippen LogP contribution in [0.15, 0.2) is 30.3 Å². The van der Waals surface area contributed by atoms with E-state index in [2.05, 4.69) is 36.4 Å². The van der Waals surface area contributed by atoms with Crippen molar-refractivity contribution in [3.8, 4) is 0 Å². The van der Waals surface area contributed by atoms with Crippen LogP contribution in [0.1, 0.15) is 43.6 Å². The first-order chi connectivity index (χ1) is 10.2. The van der Waals surface area contributed by atoms with Gasteiger partial charge in [-0.1, -0.05) is 43.2 Å². The molecule has 1 saturated carbocycles. The first-order valence-corrected chi connectivity index (χ1v) is 8.16. The van der Waals surface area contributed by atoms with Gasteiger partial charge in [-0.3, -0.25) is 4.79 Å². The van der Waals surface area contributed by atoms with Gasteiger partial charge in [-0.05, 0) is 51.4 Å². The van der Waals surface area contributed by atoms with Crippen molar-refractivity contribution in [1.82, 2.24) is 10.2 Å². The molecule has 0 spiro atoms. The van der Waals surface area contributed by atoms with Crippen LogP contribution >= 0.6 is 0 Å². The molecule has 1 aliphatic carbocycles. The third kappa shape index (κ3) is 4.85. The van der Waals surface area contributed by atoms with Crippen LogP contribution in [0.5, 0.6) is 0 Å². The summed E-state index contributed by atoms with van der Waals surface area (Å²) in [5, 5.41) is 3.15. The van der Waals surface area contributed by atoms with Crippen molar-refractivity contribution in [2.75, 3.05) is 27.2 Å². The molecule has 0 saturated heterocycles. The fraction of sp³-hybridized carbons (Fsp3) is 0.611. The molecular weight excluding hydrogens is 260 g/mol. The second-order valence-corrected chi connectivity index (χ2v) is 6.38. The Hall–Kier alpha value is -1.35. The Morgan fingerprint density at radius 2 is 1.90 bits per heavy atom. The maximum absolute atomic E-state index is 12.7. The third-order valence-electron chi connectivity index (χ3n) is 4.39. The zero-order valence-corrected chi connectivity index (χ0v) is 13.3. The van der Waals surface area contributed by atoms with Crippen molar-refractivity contribution in [1.29, 1.82) is 0 Å². The lowest BCUT2D eigenvalue weighted by Crippen LogP contribution is -2.34. The summed E-state index contributed by atoms with van der Waals surface area (Å²) in [5.41, 5.74) is 1.18. The van der Waals surface area contributed by atoms with Gasteiger partial charge in [-0.2, -0.15) is 0 Å². The normalized spacial score (nSPS) is 17.1. The van der Waals surface area contributed by atoms with E-state index >= 15 is 0 Å². The first-order valence-electron chi connectivity index (χ1n) is 8.16. The zero-order chi connectivity index (χ0) is 15.1. The molecule has 1 amide bonds. The third-order valence-corrected chi connectivity index (χ3v) is 4.39. The van der Waals surface area contributed by atoms with Crippen LogP contribution in [0.3, 0.4) is 0 Å². The minimum Gasteiger partial charge on any atom is -0.356 e. The number of amides is 1. The molecule has 1 unspecified atom stereocenters. The molecular formula is C18H28N2O. The predicted molar refractivity (Wildman–Crippen MR) is 87.3 cm³/mol. The van der Waals surface area contributed by atoms with E-state index in [1.165, 1.54) is 31.2 Å². The van der Waals surface area contributed by atoms with E-state index in [0.717, 1.165) is 19.5 Å². The molecule has 2 rings (SSSR count). The average Bonchev–Trinajstić information content (AvgIpc) is 2.99. The van der Waals surface area contributed by atoms with Gasteiger partial charge in [0.05, 0.1) is 5.92 Å². The van der Waals surface area contributed by atoms with Crippen LogP contribution < -0.4 is 5.32 Å². The first kappa shape index (κ1) is 16.0. The summed E-state index contributed by atoms with van der Waals surface area (Å²) in [6, 6.07) is 10.3. The topological polar surface area (TPSA) is 32.3 Å². The van der Waals surface area contributed by atoms with Gasteiger partial charge in [0.1, 0.15) is 0 Å². The fourth-order valence-corrected chi connectivity index (χ4v) is 3.31. The van der Waals surface area contributed by atoms with Crippen molar-refractivity contribution in [2.45, 2.75) is 38.0 Å². The molecule has 116 valence electrons. The Bertz CT molecular complexity index is 424. The van der Waals surface area contributed by atoms with Crippen molar-refractivity contribution in [2.24, 2.45) is 5.92 Å². The van der Waals surface area contributed by atoms with Gasteiger partial charge in [0.15, 0.2) is 0 Å². The number of nitrogens with one attached hydrogen (secondary N) is 1. The molecule has 1 N–H and O–H groups in total. The highest BCUT2D eigenvalue weighted by Gasteiger charge is 2.31. The number of hydrogen-bond donors (Lipinski definition) is 1. The number of carbonyl (C=O) groups excluding carboxylic acids is 1. The number of benzene rings is 1. The van der Waals surface area contributed by atoms with Gasteiger partial charge >= 0.3 is 0 Å². The van der Waals surface area contributed by atoms with Crippen LogP contribution in [0.4, 0.5) is 0 Å². The molecule has 0 radical (unpaired) electrons. The molecule has 1 aliphatic rings. The zero-order valence-electron chi connectivity index (χ0n) is 13.3. The quantitative estimate of drug-likeness (QED) is 0.782. The van der Waals surface area contributed by atoms with Gasteiger partial charge in [0, 0.05) is 6.54 Å². The predicted octanol–water partition coefficient (Wildman–Crippen LogP) is 3.03. The maximum Gasteiger partial charge on any atom is 0.227 e. The summed E-state index contributed by atoms with van der Waals surface area (Å²) in [5.74, 6) is 0.765. The standard InChI is InChI=1S/C18H28N2O/c1-20(2)14-8-13-19-18(21)17(16-11-6-7-12-16)15-9-4-3-5-10-15/h3-5,9-10,16-17H,6-8,11-14H2,1-2H3,(H,19,21). The molecule has 21 heavy (non-hydrogen) atoms. The fourth-order valence-electron chi connectivity index (χ4n) is 3.31. The van der Waals surface area contributed by atoms with Crippen molar-refractivity contribution >= 4 is 5.91 Å². The van der Waals surface area contributed by atoms with Gasteiger partial charge < -0.3 is 10.2 Å². The Morgan fingerprint density at radius 1 is 1.24 bits per heavy atom. The number of nitrogens with zero attached hydrogens (tertiary/aromatic N) is 1. The molecule has 0 bridgehead atoms. The van der Waals surface area contributed by atoms with Crippen LogP contribution in [-0.2, 0) is 4.79 Å². The number of rotatable bonds is 7. The number of carbonyl (C=O) groups is 1. The van der Waals surface area contributed by atoms with Crippen molar-refractivity contribution in [3.63, 3.8) is 0 Å². The lowest BCUT2D eigenvalue weighted by Gasteiger charge is -2.23. The summed E-state index contributed by atoms with van der Waals surface area (Å²) >= 11 is 0. The molecule has 3 nitrogen and oxygen atoms in total. The maximum atomic E-state index is 12.7. The lowest BCUT2D eigenvalue weighted by molar-refractivity contribution is -0.123. The van der Waals surface area contributed by atoms with E-state index in [1.807, 2.05) is 18.2 Å². The van der Waals surface area contributed by atoms with Gasteiger partial charge in [-0.15, -0.1) is 0 Å². The summed E-state index contributed by atoms with van der Waals surface area (Å²) < 4.78 is 0. The smallest absolute Gasteiger partial charge is 0.227 e. The highest BCUT2D eigenvalue weighted by Crippen LogP contribution is 2.37. The monoisotopic (exact) mass is 288 g/mol. The highest BCUT2D eigenvalue weighted by molar-refractivity contribution is 5.84. The lowest BCUT2D eigenvalue weighted by atomic mass is 9.84. The Morgan fingerprint density at radius 3 is 2.52 bits per heavy atom. The molecule has 1 aromatic rings. The van der Waals surface area contributed by atoms with Crippen LogP contribution in [-0.4, -0.2) is 38.0 Å². The second kappa shape index (κ2) is 8.18. The largest absolute Gasteiger partial charge is 0.356 e. The summed E-state index contributed by atoms with van der Waals surface area (Å²) in [4.78, 5) is 14.8. The van der Waals surface area contributed by atoms with Gasteiger partial charge in [0.2, 0.25) is 5.91 Å². The molecule has 3 heteroatoms. The van der Waals surface area contributed by atoms with Gasteiger partial charge in [0.25, 0.3) is 0 Å². The molecule has 0 aliphatic heterocycles. The second-order valence-electron chi connectivity index (χ2n) is 6.38. The van der Waals surface area contributed by atoms with E-state index in [1.54, 1.807) is 0 Å². The van der Waals surface area contributed by atoms with E-state index < -0.39 is 0 Å². The van der Waals surface area contributed by atoms with E-state index in [4.69, 9.17) is 0 Å². The average molecular weight is 288 g/mol. The minimum atomic E-state index is 0.0352. The molecule has 1 atom stereocenters. The number of hydrogen-bond acceptors (Lipinski definition) is 2. The Kier molecular flexibility index (Phi) is 6.24. The molecule has 1 fully saturated rings. The minimum absolute atomic E-state index is 0.0352. The Labute approximate surface area is 128 Å². The Balaban J connectivity index is 1.96. The van der Waals surface area contributed by atoms with Crippen molar-refractivity contribution < 1.29 is 4.79 Å². The van der Waals surface area contributed by atoms with E-state index in [9.17, 15) is 4.79 Å². The summed E-state index contributed by atoms with van der Waals surface area (Å²) in [6.45, 7) is 1.78. The summed E-state index contributed by atoms with van der Waals surface area (Å²) in [6.07, 6.45) is 5.91. The molecule has 0 heterocycles. The highest BCUT2D eigenvalue weighted by atomic mass is 16.1. The van der Waals surface area contributed by atoms with E-state index in [0.29, 0.717) is 5.92 Å². The molecule has 0 aromatic heterocycles. The van der Waals surface area contributed by atoms with Crippen LogP contribution in [0, 0.1) is 5.92 Å². The van der Waals surface area contributed by atoms with Crippen molar-refractivity contribution in [3.05, 3.63) is 35.9 Å². The van der Waals surface area contributed by atoms with Crippen LogP contribution in [0.25, 0.3) is 0 Å². The summed E-state index contributed by atoms with van der Waals surface area (Å²) in [7, 11) is 4.13. The van der Waals surface area contributed by atoms with Crippen LogP contribution in [0.2, 0.25) is 0 Å². The van der Waals surface area contributed by atoms with E-state index in [-0.39, 0.29) is 11.8 Å².